The fraction of sp³-hybridized carbons (Fsp3) is 0.692. The summed E-state index contributed by atoms with van der Waals surface area (Å²) in [6, 6.07) is -0.217. The molecule has 1 saturated carbocycles. The monoisotopic (exact) mass is 514 g/mol. The number of fused-ring (bicyclic) bond motifs is 3. The van der Waals surface area contributed by atoms with Crippen LogP contribution in [-0.2, 0) is 22.5 Å². The van der Waals surface area contributed by atoms with Gasteiger partial charge in [-0.25, -0.2) is 14.8 Å². The Kier molecular flexibility index (Phi) is 7.90. The zero-order valence-corrected chi connectivity index (χ0v) is 22.4. The van der Waals surface area contributed by atoms with E-state index in [1.54, 1.807) is 11.8 Å². The molecular weight excluding hydrogens is 476 g/mol. The number of amides is 2. The number of nitrogens with one attached hydrogen (secondary N) is 1. The zero-order valence-electron chi connectivity index (χ0n) is 21.6. The summed E-state index contributed by atoms with van der Waals surface area (Å²) in [7, 11) is 0. The third kappa shape index (κ3) is 5.29. The van der Waals surface area contributed by atoms with Gasteiger partial charge in [-0.1, -0.05) is 26.2 Å². The minimum absolute atomic E-state index is 0.0972. The summed E-state index contributed by atoms with van der Waals surface area (Å²) < 4.78 is 4.91. The van der Waals surface area contributed by atoms with Gasteiger partial charge in [-0.05, 0) is 38.3 Å². The maximum Gasteiger partial charge on any atom is 0.325 e. The molecule has 0 spiro atoms. The summed E-state index contributed by atoms with van der Waals surface area (Å²) in [6.07, 6.45) is 7.22. The van der Waals surface area contributed by atoms with Gasteiger partial charge in [0.1, 0.15) is 23.0 Å². The SMILES string of the molecule is CCOC(=O)CNC(=O)N1CCN(c2nc(C3CCCCC3)nc3sc4c(c23)CCN(CC)C4)CC1. The summed E-state index contributed by atoms with van der Waals surface area (Å²) >= 11 is 1.86. The number of carbonyl (C=O) groups excluding carboxylic acids is 2. The van der Waals surface area contributed by atoms with E-state index >= 15 is 0 Å². The van der Waals surface area contributed by atoms with Crippen LogP contribution in [-0.4, -0.2) is 84.2 Å². The minimum Gasteiger partial charge on any atom is -0.465 e. The van der Waals surface area contributed by atoms with Gasteiger partial charge in [0.15, 0.2) is 0 Å². The van der Waals surface area contributed by atoms with E-state index < -0.39 is 5.97 Å². The lowest BCUT2D eigenvalue weighted by Crippen LogP contribution is -2.52. The maximum absolute atomic E-state index is 12.6. The normalized spacial score (nSPS) is 19.4. The lowest BCUT2D eigenvalue weighted by Gasteiger charge is -2.36. The second-order valence-electron chi connectivity index (χ2n) is 9.98. The molecule has 196 valence electrons. The van der Waals surface area contributed by atoms with Crippen LogP contribution in [0.15, 0.2) is 0 Å². The number of anilines is 1. The highest BCUT2D eigenvalue weighted by Gasteiger charge is 2.30. The third-order valence-electron chi connectivity index (χ3n) is 7.75. The highest BCUT2D eigenvalue weighted by molar-refractivity contribution is 7.19. The van der Waals surface area contributed by atoms with Crippen molar-refractivity contribution in [1.82, 2.24) is 25.1 Å². The Morgan fingerprint density at radius 3 is 2.56 bits per heavy atom. The molecule has 2 aromatic rings. The lowest BCUT2D eigenvalue weighted by atomic mass is 9.88. The number of aromatic nitrogens is 2. The van der Waals surface area contributed by atoms with Crippen LogP contribution in [0.5, 0.6) is 0 Å². The van der Waals surface area contributed by atoms with Gasteiger partial charge in [-0.3, -0.25) is 9.69 Å². The van der Waals surface area contributed by atoms with Gasteiger partial charge >= 0.3 is 12.0 Å². The fourth-order valence-electron chi connectivity index (χ4n) is 5.68. The van der Waals surface area contributed by atoms with Gasteiger partial charge in [0.25, 0.3) is 0 Å². The number of hydrogen-bond donors (Lipinski definition) is 1. The zero-order chi connectivity index (χ0) is 25.1. The van der Waals surface area contributed by atoms with Gasteiger partial charge in [-0.15, -0.1) is 11.3 Å². The van der Waals surface area contributed by atoms with Crippen molar-refractivity contribution in [2.45, 2.75) is 64.8 Å². The molecule has 2 amide bonds. The second-order valence-corrected chi connectivity index (χ2v) is 11.1. The number of urea groups is 1. The summed E-state index contributed by atoms with van der Waals surface area (Å²) in [6.45, 7) is 9.96. The van der Waals surface area contributed by atoms with Crippen molar-refractivity contribution in [3.8, 4) is 0 Å². The molecule has 36 heavy (non-hydrogen) atoms. The predicted molar refractivity (Wildman–Crippen MR) is 142 cm³/mol. The Morgan fingerprint density at radius 1 is 1.06 bits per heavy atom. The molecule has 5 rings (SSSR count). The summed E-state index contributed by atoms with van der Waals surface area (Å²) in [5, 5.41) is 3.93. The third-order valence-corrected chi connectivity index (χ3v) is 8.86. The summed E-state index contributed by atoms with van der Waals surface area (Å²) in [4.78, 5) is 43.8. The number of likely N-dealkylation sites (N-methyl/N-ethyl adjacent to an activating group) is 1. The average Bonchev–Trinajstić information content (AvgIpc) is 3.29. The Morgan fingerprint density at radius 2 is 1.83 bits per heavy atom. The molecule has 1 aliphatic carbocycles. The molecule has 3 aliphatic rings. The molecule has 1 N–H and O–H groups in total. The van der Waals surface area contributed by atoms with Crippen LogP contribution in [0.3, 0.4) is 0 Å². The first kappa shape index (κ1) is 25.2. The van der Waals surface area contributed by atoms with Crippen molar-refractivity contribution >= 4 is 39.4 Å². The van der Waals surface area contributed by atoms with E-state index in [1.165, 1.54) is 47.9 Å². The van der Waals surface area contributed by atoms with Gasteiger partial charge in [-0.2, -0.15) is 0 Å². The molecule has 9 nitrogen and oxygen atoms in total. The molecule has 0 bridgehead atoms. The molecule has 0 unspecified atom stereocenters. The van der Waals surface area contributed by atoms with Gasteiger partial charge in [0.2, 0.25) is 0 Å². The predicted octanol–water partition coefficient (Wildman–Crippen LogP) is 3.51. The van der Waals surface area contributed by atoms with Crippen molar-refractivity contribution in [2.75, 3.05) is 57.3 Å². The van der Waals surface area contributed by atoms with Crippen LogP contribution in [0, 0.1) is 0 Å². The van der Waals surface area contributed by atoms with E-state index in [2.05, 4.69) is 22.0 Å². The molecule has 0 aromatic carbocycles. The Hall–Kier alpha value is -2.46. The Balaban J connectivity index is 1.37. The van der Waals surface area contributed by atoms with E-state index in [4.69, 9.17) is 14.7 Å². The van der Waals surface area contributed by atoms with E-state index in [9.17, 15) is 9.59 Å². The number of carbonyl (C=O) groups is 2. The van der Waals surface area contributed by atoms with Gasteiger partial charge < -0.3 is 19.9 Å². The van der Waals surface area contributed by atoms with Crippen molar-refractivity contribution in [2.24, 2.45) is 0 Å². The molecule has 2 aromatic heterocycles. The largest absolute Gasteiger partial charge is 0.465 e. The van der Waals surface area contributed by atoms with Crippen LogP contribution in [0.2, 0.25) is 0 Å². The summed E-state index contributed by atoms with van der Waals surface area (Å²) in [5.41, 5.74) is 1.43. The van der Waals surface area contributed by atoms with Crippen LogP contribution in [0.1, 0.15) is 68.1 Å². The topological polar surface area (TPSA) is 90.9 Å². The molecule has 2 aliphatic heterocycles. The molecule has 0 radical (unpaired) electrons. The number of rotatable bonds is 6. The second kappa shape index (κ2) is 11.3. The van der Waals surface area contributed by atoms with Crippen molar-refractivity contribution in [3.05, 3.63) is 16.3 Å². The van der Waals surface area contributed by atoms with Crippen molar-refractivity contribution in [1.29, 1.82) is 0 Å². The molecule has 10 heteroatoms. The van der Waals surface area contributed by atoms with Crippen LogP contribution in [0.25, 0.3) is 10.2 Å². The Labute approximate surface area is 217 Å². The number of hydrogen-bond acceptors (Lipinski definition) is 8. The molecule has 1 saturated heterocycles. The maximum atomic E-state index is 12.6. The van der Waals surface area contributed by atoms with E-state index in [1.807, 2.05) is 11.3 Å². The molecule has 2 fully saturated rings. The minimum atomic E-state index is -0.410. The van der Waals surface area contributed by atoms with E-state index in [0.717, 1.165) is 55.6 Å². The molecule has 0 atom stereocenters. The van der Waals surface area contributed by atoms with Crippen molar-refractivity contribution in [3.63, 3.8) is 0 Å². The van der Waals surface area contributed by atoms with Crippen LogP contribution < -0.4 is 10.2 Å². The van der Waals surface area contributed by atoms with E-state index in [-0.39, 0.29) is 12.6 Å². The van der Waals surface area contributed by atoms with Gasteiger partial charge in [0, 0.05) is 50.1 Å². The molecule has 4 heterocycles. The molecular formula is C26H38N6O3S. The lowest BCUT2D eigenvalue weighted by molar-refractivity contribution is -0.141. The van der Waals surface area contributed by atoms with Crippen LogP contribution in [0.4, 0.5) is 10.6 Å². The highest BCUT2D eigenvalue weighted by atomic mass is 32.1. The highest BCUT2D eigenvalue weighted by Crippen LogP contribution is 2.41. The first-order chi connectivity index (χ1) is 17.6. The van der Waals surface area contributed by atoms with Gasteiger partial charge in [0.05, 0.1) is 12.0 Å². The number of piperazine rings is 1. The Bertz CT molecular complexity index is 1090. The summed E-state index contributed by atoms with van der Waals surface area (Å²) in [5.74, 6) is 2.11. The smallest absolute Gasteiger partial charge is 0.325 e. The fourth-order valence-corrected chi connectivity index (χ4v) is 6.94. The first-order valence-electron chi connectivity index (χ1n) is 13.5. The van der Waals surface area contributed by atoms with Crippen LogP contribution >= 0.6 is 11.3 Å². The average molecular weight is 515 g/mol. The first-order valence-corrected chi connectivity index (χ1v) is 14.4. The number of nitrogens with zero attached hydrogens (tertiary/aromatic N) is 5. The number of esters is 1. The standard InChI is InChI=1S/C26H38N6O3S/c1-3-30-11-10-19-20(17-30)36-25-22(19)24(28-23(29-25)18-8-6-5-7-9-18)31-12-14-32(15-13-31)26(34)27-16-21(33)35-4-2/h18H,3-17H2,1-2H3,(H,27,34). The van der Waals surface area contributed by atoms with E-state index in [0.29, 0.717) is 25.6 Å². The quantitative estimate of drug-likeness (QED) is 0.590. The number of thiophene rings is 1. The number of ether oxygens (including phenoxy) is 1. The van der Waals surface area contributed by atoms with Crippen molar-refractivity contribution < 1.29 is 14.3 Å².